The predicted molar refractivity (Wildman–Crippen MR) is 44.1 cm³/mol. The van der Waals surface area contributed by atoms with E-state index in [9.17, 15) is 4.79 Å². The molecule has 0 bridgehead atoms. The van der Waals surface area contributed by atoms with Gasteiger partial charge < -0.3 is 14.8 Å². The third-order valence-electron chi connectivity index (χ3n) is 1.37. The van der Waals surface area contributed by atoms with Gasteiger partial charge in [0.1, 0.15) is 0 Å². The normalized spacial score (nSPS) is 25.1. The van der Waals surface area contributed by atoms with E-state index in [1.165, 1.54) is 18.5 Å². The van der Waals surface area contributed by atoms with Crippen molar-refractivity contribution in [3.05, 3.63) is 36.4 Å². The predicted octanol–water partition coefficient (Wildman–Crippen LogP) is 0.388. The van der Waals surface area contributed by atoms with Crippen molar-refractivity contribution in [1.29, 1.82) is 0 Å². The summed E-state index contributed by atoms with van der Waals surface area (Å²) in [6, 6.07) is 0. The smallest absolute Gasteiger partial charge is 0.339 e. The lowest BCUT2D eigenvalue weighted by Gasteiger charge is -2.13. The number of hydrogen-bond acceptors (Lipinski definition) is 5. The Kier molecular flexibility index (Phi) is 1.84. The number of nitrogens with one attached hydrogen (secondary N) is 1. The van der Waals surface area contributed by atoms with Crippen LogP contribution in [-0.4, -0.2) is 12.2 Å². The highest BCUT2D eigenvalue weighted by molar-refractivity contribution is 5.83. The third kappa shape index (κ3) is 1.58. The zero-order valence-corrected chi connectivity index (χ0v) is 6.56. The quantitative estimate of drug-likeness (QED) is 0.545. The number of carbonyl (C=O) groups excluding carboxylic acids is 1. The van der Waals surface area contributed by atoms with Crippen LogP contribution < -0.4 is 5.32 Å². The highest BCUT2D eigenvalue weighted by Gasteiger charge is 2.15. The van der Waals surface area contributed by atoms with Gasteiger partial charge in [-0.15, -0.1) is 0 Å². The van der Waals surface area contributed by atoms with Crippen LogP contribution in [0.4, 0.5) is 0 Å². The van der Waals surface area contributed by atoms with E-state index >= 15 is 0 Å². The van der Waals surface area contributed by atoms with Gasteiger partial charge in [0, 0.05) is 18.5 Å². The molecule has 2 rings (SSSR count). The maximum Gasteiger partial charge on any atom is 0.339 e. The SMILES string of the molecule is O=C1C=CNC(=C2N=CC=CO2)O1. The molecule has 0 aromatic rings. The second kappa shape index (κ2) is 3.14. The van der Waals surface area contributed by atoms with Gasteiger partial charge >= 0.3 is 5.97 Å². The molecule has 0 spiro atoms. The number of allylic oxidation sites excluding steroid dienone is 1. The Morgan fingerprint density at radius 2 is 2.38 bits per heavy atom. The van der Waals surface area contributed by atoms with E-state index in [4.69, 9.17) is 9.47 Å². The summed E-state index contributed by atoms with van der Waals surface area (Å²) in [6.07, 6.45) is 7.35. The van der Waals surface area contributed by atoms with Crippen LogP contribution in [0, 0.1) is 0 Å². The number of cyclic esters (lactones) is 1. The van der Waals surface area contributed by atoms with Gasteiger partial charge in [-0.3, -0.25) is 0 Å². The molecule has 13 heavy (non-hydrogen) atoms. The molecule has 0 amide bonds. The number of rotatable bonds is 0. The van der Waals surface area contributed by atoms with E-state index in [0.717, 1.165) is 0 Å². The largest absolute Gasteiger partial charge is 0.443 e. The molecule has 2 aliphatic heterocycles. The van der Waals surface area contributed by atoms with Crippen LogP contribution in [0.5, 0.6) is 0 Å². The van der Waals surface area contributed by atoms with E-state index in [2.05, 4.69) is 10.3 Å². The van der Waals surface area contributed by atoms with Crippen LogP contribution in [0.15, 0.2) is 41.4 Å². The Labute approximate surface area is 74.0 Å². The fraction of sp³-hybridized carbons (Fsp3) is 0. The van der Waals surface area contributed by atoms with Gasteiger partial charge in [0.05, 0.1) is 6.26 Å². The first kappa shape index (κ1) is 7.60. The van der Waals surface area contributed by atoms with Gasteiger partial charge in [-0.05, 0) is 6.08 Å². The molecule has 66 valence electrons. The van der Waals surface area contributed by atoms with Crippen molar-refractivity contribution in [2.75, 3.05) is 0 Å². The zero-order valence-electron chi connectivity index (χ0n) is 6.56. The van der Waals surface area contributed by atoms with Crippen molar-refractivity contribution in [3.8, 4) is 0 Å². The number of carbonyl (C=O) groups is 1. The Balaban J connectivity index is 2.24. The van der Waals surface area contributed by atoms with E-state index in [-0.39, 0.29) is 11.8 Å². The molecular weight excluding hydrogens is 172 g/mol. The lowest BCUT2D eigenvalue weighted by atomic mass is 10.5. The summed E-state index contributed by atoms with van der Waals surface area (Å²) in [6.45, 7) is 0. The van der Waals surface area contributed by atoms with Gasteiger partial charge in [-0.1, -0.05) is 0 Å². The van der Waals surface area contributed by atoms with Crippen molar-refractivity contribution >= 4 is 12.2 Å². The molecule has 0 atom stereocenters. The molecule has 1 N–H and O–H groups in total. The summed E-state index contributed by atoms with van der Waals surface area (Å²) >= 11 is 0. The monoisotopic (exact) mass is 178 g/mol. The average Bonchev–Trinajstić information content (AvgIpc) is 2.19. The summed E-state index contributed by atoms with van der Waals surface area (Å²) in [7, 11) is 0. The van der Waals surface area contributed by atoms with Crippen LogP contribution in [0.25, 0.3) is 0 Å². The Morgan fingerprint density at radius 3 is 3.08 bits per heavy atom. The van der Waals surface area contributed by atoms with E-state index in [1.807, 2.05) is 0 Å². The van der Waals surface area contributed by atoms with Crippen molar-refractivity contribution in [3.63, 3.8) is 0 Å². The van der Waals surface area contributed by atoms with Crippen LogP contribution >= 0.6 is 0 Å². The fourth-order valence-electron chi connectivity index (χ4n) is 0.847. The van der Waals surface area contributed by atoms with Crippen LogP contribution in [0.1, 0.15) is 0 Å². The molecule has 0 aromatic carbocycles. The highest BCUT2D eigenvalue weighted by atomic mass is 16.6. The van der Waals surface area contributed by atoms with Crippen molar-refractivity contribution in [2.24, 2.45) is 4.99 Å². The fourth-order valence-corrected chi connectivity index (χ4v) is 0.847. The molecule has 0 aliphatic carbocycles. The second-order valence-corrected chi connectivity index (χ2v) is 2.26. The molecule has 0 saturated heterocycles. The molecule has 0 saturated carbocycles. The van der Waals surface area contributed by atoms with Crippen LogP contribution in [0.2, 0.25) is 0 Å². The maximum atomic E-state index is 10.8. The first-order chi connectivity index (χ1) is 6.36. The minimum atomic E-state index is -0.449. The Hall–Kier alpha value is -2.04. The van der Waals surface area contributed by atoms with Crippen molar-refractivity contribution in [2.45, 2.75) is 0 Å². The summed E-state index contributed by atoms with van der Waals surface area (Å²) < 4.78 is 9.79. The highest BCUT2D eigenvalue weighted by Crippen LogP contribution is 2.12. The van der Waals surface area contributed by atoms with E-state index in [0.29, 0.717) is 0 Å². The number of aliphatic imine (C=N–C) groups is 1. The average molecular weight is 178 g/mol. The lowest BCUT2D eigenvalue weighted by Crippen LogP contribution is -2.20. The maximum absolute atomic E-state index is 10.8. The van der Waals surface area contributed by atoms with Gasteiger partial charge in [0.25, 0.3) is 11.8 Å². The number of ether oxygens (including phenoxy) is 2. The second-order valence-electron chi connectivity index (χ2n) is 2.26. The molecule has 5 heteroatoms. The standard InChI is InChI=1S/C8H6N2O3/c11-6-2-4-10-8(13-6)7-9-3-1-5-12-7/h1-5,10H. The molecule has 0 aromatic heterocycles. The molecule has 0 radical (unpaired) electrons. The minimum Gasteiger partial charge on any atom is -0.443 e. The van der Waals surface area contributed by atoms with Crippen LogP contribution in [0.3, 0.4) is 0 Å². The Bertz CT molecular complexity index is 352. The first-order valence-electron chi connectivity index (χ1n) is 3.61. The third-order valence-corrected chi connectivity index (χ3v) is 1.37. The number of hydrogen-bond donors (Lipinski definition) is 1. The van der Waals surface area contributed by atoms with Gasteiger partial charge in [-0.2, -0.15) is 0 Å². The number of esters is 1. The van der Waals surface area contributed by atoms with Gasteiger partial charge in [-0.25, -0.2) is 9.79 Å². The first-order valence-corrected chi connectivity index (χ1v) is 3.61. The summed E-state index contributed by atoms with van der Waals surface area (Å²) in [5, 5.41) is 2.70. The minimum absolute atomic E-state index is 0.202. The molecular formula is C8H6N2O3. The lowest BCUT2D eigenvalue weighted by molar-refractivity contribution is -0.135. The molecule has 0 fully saturated rings. The number of nitrogens with zero attached hydrogens (tertiary/aromatic N) is 1. The molecule has 0 unspecified atom stereocenters. The van der Waals surface area contributed by atoms with E-state index in [1.54, 1.807) is 12.3 Å². The Morgan fingerprint density at radius 1 is 1.46 bits per heavy atom. The topological polar surface area (TPSA) is 59.9 Å². The van der Waals surface area contributed by atoms with E-state index < -0.39 is 5.97 Å². The molecule has 2 heterocycles. The molecule has 5 nitrogen and oxygen atoms in total. The summed E-state index contributed by atoms with van der Waals surface area (Å²) in [4.78, 5) is 14.7. The van der Waals surface area contributed by atoms with Gasteiger partial charge in [0.2, 0.25) is 0 Å². The van der Waals surface area contributed by atoms with Gasteiger partial charge in [0.15, 0.2) is 0 Å². The van der Waals surface area contributed by atoms with Crippen molar-refractivity contribution in [1.82, 2.24) is 5.32 Å². The van der Waals surface area contributed by atoms with Crippen LogP contribution in [-0.2, 0) is 14.3 Å². The zero-order chi connectivity index (χ0) is 9.10. The molecule has 2 aliphatic rings. The van der Waals surface area contributed by atoms with Crippen molar-refractivity contribution < 1.29 is 14.3 Å². The summed E-state index contributed by atoms with van der Waals surface area (Å²) in [5.74, 6) is -0.0112. The summed E-state index contributed by atoms with van der Waals surface area (Å²) in [5.41, 5.74) is 0.